The molecule has 0 radical (unpaired) electrons. The van der Waals surface area contributed by atoms with Gasteiger partial charge in [-0.05, 0) is 37.3 Å². The van der Waals surface area contributed by atoms with Crippen molar-refractivity contribution in [2.24, 2.45) is 0 Å². The summed E-state index contributed by atoms with van der Waals surface area (Å²) in [5.74, 6) is 2.06. The van der Waals surface area contributed by atoms with Crippen molar-refractivity contribution in [3.8, 4) is 0 Å². The van der Waals surface area contributed by atoms with Gasteiger partial charge in [-0.2, -0.15) is 9.97 Å². The Bertz CT molecular complexity index is 544. The van der Waals surface area contributed by atoms with Gasteiger partial charge in [0, 0.05) is 12.0 Å². The molecule has 0 amide bonds. The largest absolute Gasteiger partial charge is 0.351 e. The average molecular weight is 407 g/mol. The van der Waals surface area contributed by atoms with Crippen LogP contribution in [0.1, 0.15) is 127 Å². The molecule has 0 spiro atoms. The van der Waals surface area contributed by atoms with E-state index in [4.69, 9.17) is 16.6 Å². The van der Waals surface area contributed by atoms with Crippen LogP contribution in [0.5, 0.6) is 0 Å². The van der Waals surface area contributed by atoms with Crippen molar-refractivity contribution in [1.82, 2.24) is 15.0 Å². The third-order valence-electron chi connectivity index (χ3n) is 6.53. The summed E-state index contributed by atoms with van der Waals surface area (Å²) in [6.07, 6.45) is 23.6. The molecular formula is C23H39ClN4. The Labute approximate surface area is 176 Å². The first kappa shape index (κ1) is 21.8. The second-order valence-corrected chi connectivity index (χ2v) is 9.27. The normalized spacial score (nSPS) is 22.5. The van der Waals surface area contributed by atoms with Crippen LogP contribution in [0.25, 0.3) is 0 Å². The molecule has 1 aromatic rings. The third kappa shape index (κ3) is 7.85. The molecular weight excluding hydrogens is 368 g/mol. The summed E-state index contributed by atoms with van der Waals surface area (Å²) >= 11 is 6.32. The van der Waals surface area contributed by atoms with Crippen LogP contribution in [-0.4, -0.2) is 21.0 Å². The number of rotatable bonds is 3. The number of hydrogen-bond donors (Lipinski definition) is 1. The molecule has 28 heavy (non-hydrogen) atoms. The summed E-state index contributed by atoms with van der Waals surface area (Å²) in [5.41, 5.74) is 0. The zero-order valence-corrected chi connectivity index (χ0v) is 18.4. The Hall–Kier alpha value is -0.900. The topological polar surface area (TPSA) is 50.7 Å². The Kier molecular flexibility index (Phi) is 9.82. The highest BCUT2D eigenvalue weighted by atomic mass is 35.5. The molecule has 2 aliphatic rings. The lowest BCUT2D eigenvalue weighted by Crippen LogP contribution is -2.22. The Balaban J connectivity index is 1.64. The maximum Gasteiger partial charge on any atom is 0.227 e. The molecule has 1 aromatic heterocycles. The van der Waals surface area contributed by atoms with E-state index in [0.29, 0.717) is 23.2 Å². The van der Waals surface area contributed by atoms with Gasteiger partial charge in [0.05, 0.1) is 0 Å². The van der Waals surface area contributed by atoms with E-state index in [1.165, 1.54) is 116 Å². The number of hydrogen-bond acceptors (Lipinski definition) is 4. The molecule has 0 saturated heterocycles. The molecule has 2 saturated carbocycles. The van der Waals surface area contributed by atoms with Crippen LogP contribution in [0.2, 0.25) is 5.28 Å². The first-order valence-electron chi connectivity index (χ1n) is 12.0. The minimum Gasteiger partial charge on any atom is -0.351 e. The lowest BCUT2D eigenvalue weighted by Gasteiger charge is -2.20. The standard InChI is InChI=1S/C23H39ClN4/c24-22-26-21(19-15-11-7-5-6-8-12-16-19)27-23(28-22)25-20-17-13-9-3-1-2-4-10-14-18-20/h19-20H,1-18H2,(H,25,26,27,28). The summed E-state index contributed by atoms with van der Waals surface area (Å²) < 4.78 is 0. The summed E-state index contributed by atoms with van der Waals surface area (Å²) in [6, 6.07) is 0.463. The van der Waals surface area contributed by atoms with Crippen molar-refractivity contribution in [1.29, 1.82) is 0 Å². The highest BCUT2D eigenvalue weighted by Crippen LogP contribution is 2.29. The molecule has 0 aromatic carbocycles. The van der Waals surface area contributed by atoms with Crippen LogP contribution in [0, 0.1) is 0 Å². The zero-order valence-electron chi connectivity index (χ0n) is 17.6. The fourth-order valence-corrected chi connectivity index (χ4v) is 4.98. The molecule has 4 nitrogen and oxygen atoms in total. The fraction of sp³-hybridized carbons (Fsp3) is 0.870. The predicted molar refractivity (Wildman–Crippen MR) is 118 cm³/mol. The number of halogens is 1. The van der Waals surface area contributed by atoms with Crippen LogP contribution in [0.3, 0.4) is 0 Å². The lowest BCUT2D eigenvalue weighted by atomic mass is 9.96. The molecule has 3 rings (SSSR count). The molecule has 2 aliphatic carbocycles. The first-order valence-corrected chi connectivity index (χ1v) is 12.4. The van der Waals surface area contributed by atoms with Gasteiger partial charge in [0.15, 0.2) is 0 Å². The second kappa shape index (κ2) is 12.6. The van der Waals surface area contributed by atoms with E-state index in [2.05, 4.69) is 15.3 Å². The van der Waals surface area contributed by atoms with Gasteiger partial charge in [0.2, 0.25) is 11.2 Å². The highest BCUT2D eigenvalue weighted by molar-refractivity contribution is 6.28. The summed E-state index contributed by atoms with van der Waals surface area (Å²) in [4.78, 5) is 13.8. The summed E-state index contributed by atoms with van der Waals surface area (Å²) in [5, 5.41) is 3.98. The van der Waals surface area contributed by atoms with E-state index >= 15 is 0 Å². The van der Waals surface area contributed by atoms with Gasteiger partial charge < -0.3 is 5.32 Å². The highest BCUT2D eigenvalue weighted by Gasteiger charge is 2.19. The second-order valence-electron chi connectivity index (χ2n) is 8.93. The molecule has 1 N–H and O–H groups in total. The molecule has 0 unspecified atom stereocenters. The Morgan fingerprint density at radius 3 is 1.57 bits per heavy atom. The van der Waals surface area contributed by atoms with Crippen LogP contribution < -0.4 is 5.32 Å². The maximum absolute atomic E-state index is 6.32. The molecule has 0 aliphatic heterocycles. The van der Waals surface area contributed by atoms with Crippen molar-refractivity contribution in [2.45, 2.75) is 128 Å². The predicted octanol–water partition coefficient (Wildman–Crippen LogP) is 7.44. The molecule has 1 heterocycles. The van der Waals surface area contributed by atoms with Crippen LogP contribution >= 0.6 is 11.6 Å². The molecule has 158 valence electrons. The minimum absolute atomic E-state index is 0.351. The van der Waals surface area contributed by atoms with Crippen LogP contribution in [0.4, 0.5) is 5.95 Å². The third-order valence-corrected chi connectivity index (χ3v) is 6.70. The first-order chi connectivity index (χ1) is 13.8. The number of nitrogens with one attached hydrogen (secondary N) is 1. The van der Waals surface area contributed by atoms with Gasteiger partial charge in [0.1, 0.15) is 5.82 Å². The zero-order chi connectivity index (χ0) is 19.4. The van der Waals surface area contributed by atoms with Gasteiger partial charge in [-0.15, -0.1) is 0 Å². The minimum atomic E-state index is 0.351. The smallest absolute Gasteiger partial charge is 0.227 e. The van der Waals surface area contributed by atoms with Crippen LogP contribution in [-0.2, 0) is 0 Å². The van der Waals surface area contributed by atoms with Crippen LogP contribution in [0.15, 0.2) is 0 Å². The lowest BCUT2D eigenvalue weighted by molar-refractivity contribution is 0.510. The number of nitrogens with zero attached hydrogens (tertiary/aromatic N) is 3. The van der Waals surface area contributed by atoms with E-state index in [-0.39, 0.29) is 0 Å². The average Bonchev–Trinajstić information content (AvgIpc) is 2.78. The van der Waals surface area contributed by atoms with Gasteiger partial charge in [-0.25, -0.2) is 4.98 Å². The summed E-state index contributed by atoms with van der Waals surface area (Å²) in [6.45, 7) is 0. The van der Waals surface area contributed by atoms with Crippen molar-refractivity contribution >= 4 is 17.5 Å². The van der Waals surface area contributed by atoms with Crippen molar-refractivity contribution in [2.75, 3.05) is 5.32 Å². The van der Waals surface area contributed by atoms with Gasteiger partial charge in [-0.3, -0.25) is 0 Å². The van der Waals surface area contributed by atoms with E-state index < -0.39 is 0 Å². The van der Waals surface area contributed by atoms with E-state index in [9.17, 15) is 0 Å². The molecule has 0 atom stereocenters. The fourth-order valence-electron chi connectivity index (χ4n) is 4.82. The monoisotopic (exact) mass is 406 g/mol. The number of aromatic nitrogens is 3. The Morgan fingerprint density at radius 1 is 0.571 bits per heavy atom. The SMILES string of the molecule is Clc1nc(NC2CCCCCCCCCC2)nc(C2CCCCCCCC2)n1. The van der Waals surface area contributed by atoms with E-state index in [1.807, 2.05) is 0 Å². The molecule has 0 bridgehead atoms. The Morgan fingerprint density at radius 2 is 1.04 bits per heavy atom. The van der Waals surface area contributed by atoms with E-state index in [1.54, 1.807) is 0 Å². The van der Waals surface area contributed by atoms with Gasteiger partial charge >= 0.3 is 0 Å². The van der Waals surface area contributed by atoms with Crippen molar-refractivity contribution in [3.05, 3.63) is 11.1 Å². The number of anilines is 1. The van der Waals surface area contributed by atoms with Gasteiger partial charge in [-0.1, -0.05) is 89.9 Å². The molecule has 2 fully saturated rings. The van der Waals surface area contributed by atoms with Gasteiger partial charge in [0.25, 0.3) is 0 Å². The molecule has 5 heteroatoms. The summed E-state index contributed by atoms with van der Waals surface area (Å²) in [7, 11) is 0. The maximum atomic E-state index is 6.32. The van der Waals surface area contributed by atoms with Crippen molar-refractivity contribution in [3.63, 3.8) is 0 Å². The van der Waals surface area contributed by atoms with E-state index in [0.717, 1.165) is 5.82 Å². The quantitative estimate of drug-likeness (QED) is 0.566. The van der Waals surface area contributed by atoms with Crippen molar-refractivity contribution < 1.29 is 0 Å².